The first kappa shape index (κ1) is 20.9. The molecule has 4 rings (SSSR count). The van der Waals surface area contributed by atoms with E-state index in [1.165, 1.54) is 5.56 Å². The van der Waals surface area contributed by atoms with Crippen LogP contribution in [0.4, 0.5) is 0 Å². The molecule has 0 atom stereocenters. The van der Waals surface area contributed by atoms with Crippen LogP contribution in [0.25, 0.3) is 22.4 Å². The summed E-state index contributed by atoms with van der Waals surface area (Å²) in [5.41, 5.74) is 4.29. The highest BCUT2D eigenvalue weighted by molar-refractivity contribution is 5.81. The van der Waals surface area contributed by atoms with Crippen LogP contribution in [-0.4, -0.2) is 15.5 Å². The Bertz CT molecular complexity index is 1130. The fourth-order valence-electron chi connectivity index (χ4n) is 3.77. The van der Waals surface area contributed by atoms with Gasteiger partial charge in [0, 0.05) is 18.5 Å². The number of para-hydroxylation sites is 2. The molecule has 0 fully saturated rings. The fourth-order valence-corrected chi connectivity index (χ4v) is 3.77. The second-order valence-electron chi connectivity index (χ2n) is 7.80. The molecule has 0 radical (unpaired) electrons. The summed E-state index contributed by atoms with van der Waals surface area (Å²) >= 11 is 0. The van der Waals surface area contributed by atoms with Crippen molar-refractivity contribution in [2.45, 2.75) is 45.6 Å². The van der Waals surface area contributed by atoms with Crippen LogP contribution in [0.1, 0.15) is 44.6 Å². The normalized spacial score (nSPS) is 11.0. The number of ether oxygens (including phenoxy) is 1. The van der Waals surface area contributed by atoms with Crippen molar-refractivity contribution in [3.05, 3.63) is 84.4 Å². The third-order valence-electron chi connectivity index (χ3n) is 5.42. The van der Waals surface area contributed by atoms with Crippen molar-refractivity contribution in [3.8, 4) is 17.1 Å². The van der Waals surface area contributed by atoms with E-state index in [0.717, 1.165) is 54.6 Å². The van der Waals surface area contributed by atoms with Gasteiger partial charge in [0.05, 0.1) is 11.0 Å². The molecule has 0 saturated heterocycles. The Balaban J connectivity index is 1.54. The number of carbonyl (C=O) groups excluding carboxylic acids is 1. The van der Waals surface area contributed by atoms with Gasteiger partial charge in [-0.05, 0) is 48.4 Å². The highest BCUT2D eigenvalue weighted by atomic mass is 16.5. The third-order valence-corrected chi connectivity index (χ3v) is 5.42. The minimum Gasteiger partial charge on any atom is -0.427 e. The smallest absolute Gasteiger partial charge is 0.311 e. The Kier molecular flexibility index (Phi) is 6.78. The van der Waals surface area contributed by atoms with Crippen molar-refractivity contribution in [1.29, 1.82) is 0 Å². The van der Waals surface area contributed by atoms with Crippen LogP contribution in [0.2, 0.25) is 0 Å². The van der Waals surface area contributed by atoms with Gasteiger partial charge in [0.1, 0.15) is 11.6 Å². The predicted octanol–water partition coefficient (Wildman–Crippen LogP) is 6.63. The zero-order chi connectivity index (χ0) is 21.5. The van der Waals surface area contributed by atoms with E-state index in [9.17, 15) is 4.79 Å². The summed E-state index contributed by atoms with van der Waals surface area (Å²) in [7, 11) is 0. The molecule has 0 saturated carbocycles. The molecule has 1 aromatic heterocycles. The second-order valence-corrected chi connectivity index (χ2v) is 7.80. The Hall–Kier alpha value is -3.40. The molecule has 4 heteroatoms. The van der Waals surface area contributed by atoms with Crippen LogP contribution < -0.4 is 4.74 Å². The summed E-state index contributed by atoms with van der Waals surface area (Å²) < 4.78 is 7.74. The lowest BCUT2D eigenvalue weighted by atomic mass is 10.1. The Morgan fingerprint density at radius 3 is 2.39 bits per heavy atom. The minimum absolute atomic E-state index is 0.167. The molecule has 4 aromatic rings. The van der Waals surface area contributed by atoms with Gasteiger partial charge in [0.25, 0.3) is 0 Å². The Morgan fingerprint density at radius 1 is 0.871 bits per heavy atom. The van der Waals surface area contributed by atoms with Gasteiger partial charge < -0.3 is 9.30 Å². The number of unbranched alkanes of at least 4 members (excludes halogenated alkanes) is 3. The van der Waals surface area contributed by atoms with Crippen LogP contribution in [-0.2, 0) is 11.3 Å². The number of rotatable bonds is 9. The van der Waals surface area contributed by atoms with Crippen molar-refractivity contribution >= 4 is 17.0 Å². The van der Waals surface area contributed by atoms with E-state index in [0.29, 0.717) is 12.2 Å². The van der Waals surface area contributed by atoms with Crippen molar-refractivity contribution in [1.82, 2.24) is 9.55 Å². The van der Waals surface area contributed by atoms with Crippen molar-refractivity contribution in [3.63, 3.8) is 0 Å². The number of imidazole rings is 1. The van der Waals surface area contributed by atoms with E-state index < -0.39 is 0 Å². The highest BCUT2D eigenvalue weighted by Crippen LogP contribution is 2.27. The maximum Gasteiger partial charge on any atom is 0.311 e. The number of fused-ring (bicyclic) bond motifs is 1. The average Bonchev–Trinajstić information content (AvgIpc) is 3.16. The molecule has 4 nitrogen and oxygen atoms in total. The maximum atomic E-state index is 12.1. The SMILES string of the molecule is CCCCCCC(=O)Oc1ccc(-c2nc3ccccc3n2Cc2ccccc2)cc1. The van der Waals surface area contributed by atoms with E-state index in [-0.39, 0.29) is 5.97 Å². The molecule has 158 valence electrons. The maximum absolute atomic E-state index is 12.1. The van der Waals surface area contributed by atoms with Crippen LogP contribution in [0.15, 0.2) is 78.9 Å². The van der Waals surface area contributed by atoms with Gasteiger partial charge in [0.2, 0.25) is 0 Å². The van der Waals surface area contributed by atoms with Crippen molar-refractivity contribution < 1.29 is 9.53 Å². The molecule has 0 unspecified atom stereocenters. The van der Waals surface area contributed by atoms with Crippen LogP contribution in [0.3, 0.4) is 0 Å². The van der Waals surface area contributed by atoms with E-state index in [1.807, 2.05) is 48.5 Å². The number of hydrogen-bond donors (Lipinski definition) is 0. The van der Waals surface area contributed by atoms with Gasteiger partial charge in [-0.2, -0.15) is 0 Å². The molecule has 0 aliphatic rings. The first-order chi connectivity index (χ1) is 15.2. The van der Waals surface area contributed by atoms with E-state index in [1.54, 1.807) is 0 Å². The standard InChI is InChI=1S/C27H28N2O2/c1-2-3-4-8-15-26(30)31-23-18-16-22(17-19-23)27-28-24-13-9-10-14-25(24)29(27)20-21-11-6-5-7-12-21/h5-7,9-14,16-19H,2-4,8,15,20H2,1H3. The number of carbonyl (C=O) groups is 1. The summed E-state index contributed by atoms with van der Waals surface area (Å²) in [5.74, 6) is 1.32. The predicted molar refractivity (Wildman–Crippen MR) is 125 cm³/mol. The molecule has 1 heterocycles. The Morgan fingerprint density at radius 2 is 1.61 bits per heavy atom. The second kappa shape index (κ2) is 10.1. The van der Waals surface area contributed by atoms with Gasteiger partial charge in [-0.3, -0.25) is 4.79 Å². The molecule has 3 aromatic carbocycles. The Labute approximate surface area is 183 Å². The molecule has 0 bridgehead atoms. The van der Waals surface area contributed by atoms with Crippen molar-refractivity contribution in [2.75, 3.05) is 0 Å². The molecule has 31 heavy (non-hydrogen) atoms. The summed E-state index contributed by atoms with van der Waals surface area (Å²) in [6, 6.07) is 26.2. The molecule has 0 aliphatic heterocycles. The number of nitrogens with zero attached hydrogens (tertiary/aromatic N) is 2. The van der Waals surface area contributed by atoms with Gasteiger partial charge in [-0.15, -0.1) is 0 Å². The largest absolute Gasteiger partial charge is 0.427 e. The summed E-state index contributed by atoms with van der Waals surface area (Å²) in [6.45, 7) is 2.90. The number of esters is 1. The molecule has 0 spiro atoms. The number of hydrogen-bond acceptors (Lipinski definition) is 3. The minimum atomic E-state index is -0.167. The average molecular weight is 413 g/mol. The van der Waals surface area contributed by atoms with Crippen molar-refractivity contribution in [2.24, 2.45) is 0 Å². The zero-order valence-electron chi connectivity index (χ0n) is 18.0. The zero-order valence-corrected chi connectivity index (χ0v) is 18.0. The molecular weight excluding hydrogens is 384 g/mol. The first-order valence-electron chi connectivity index (χ1n) is 11.0. The van der Waals surface area contributed by atoms with E-state index in [4.69, 9.17) is 9.72 Å². The number of benzene rings is 3. The summed E-state index contributed by atoms with van der Waals surface area (Å²) in [5, 5.41) is 0. The van der Waals surface area contributed by atoms with Crippen LogP contribution in [0.5, 0.6) is 5.75 Å². The van der Waals surface area contributed by atoms with Crippen LogP contribution >= 0.6 is 0 Å². The van der Waals surface area contributed by atoms with E-state index >= 15 is 0 Å². The summed E-state index contributed by atoms with van der Waals surface area (Å²) in [4.78, 5) is 16.9. The van der Waals surface area contributed by atoms with Gasteiger partial charge in [0.15, 0.2) is 0 Å². The first-order valence-corrected chi connectivity index (χ1v) is 11.0. The summed E-state index contributed by atoms with van der Waals surface area (Å²) in [6.07, 6.45) is 4.74. The highest BCUT2D eigenvalue weighted by Gasteiger charge is 2.13. The molecule has 0 amide bonds. The van der Waals surface area contributed by atoms with Gasteiger partial charge in [-0.25, -0.2) is 4.98 Å². The lowest BCUT2D eigenvalue weighted by molar-refractivity contribution is -0.134. The molecule has 0 aliphatic carbocycles. The fraction of sp³-hybridized carbons (Fsp3) is 0.259. The topological polar surface area (TPSA) is 44.1 Å². The van der Waals surface area contributed by atoms with E-state index in [2.05, 4.69) is 41.8 Å². The molecular formula is C27H28N2O2. The lowest BCUT2D eigenvalue weighted by Gasteiger charge is -2.10. The number of aromatic nitrogens is 2. The lowest BCUT2D eigenvalue weighted by Crippen LogP contribution is -2.07. The van der Waals surface area contributed by atoms with Gasteiger partial charge >= 0.3 is 5.97 Å². The molecule has 0 N–H and O–H groups in total. The monoisotopic (exact) mass is 412 g/mol. The van der Waals surface area contributed by atoms with Crippen LogP contribution in [0, 0.1) is 0 Å². The van der Waals surface area contributed by atoms with Gasteiger partial charge in [-0.1, -0.05) is 68.7 Å². The quantitative estimate of drug-likeness (QED) is 0.176. The third kappa shape index (κ3) is 5.21.